The summed E-state index contributed by atoms with van der Waals surface area (Å²) in [5.41, 5.74) is 8.80. The summed E-state index contributed by atoms with van der Waals surface area (Å²) in [4.78, 5) is 8.36. The van der Waals surface area contributed by atoms with Crippen LogP contribution in [0, 0.1) is 0 Å². The molecule has 0 atom stereocenters. The molecule has 0 aliphatic heterocycles. The predicted octanol–water partition coefficient (Wildman–Crippen LogP) is 2.52. The first-order chi connectivity index (χ1) is 8.84. The Morgan fingerprint density at radius 2 is 1.67 bits per heavy atom. The summed E-state index contributed by atoms with van der Waals surface area (Å²) in [5, 5.41) is 0. The quantitative estimate of drug-likeness (QED) is 0.743. The number of nitrogens with two attached hydrogens (primary N) is 1. The van der Waals surface area contributed by atoms with E-state index >= 15 is 0 Å². The Labute approximate surface area is 105 Å². The number of nitrogens with zero attached hydrogens (tertiary/aromatic N) is 3. The standard InChI is InChI=1S/C14H12N4/c15-14-17-13(11-6-8-16-9-7-11)10-18(14)12-4-2-1-3-5-12/h1-10H,(H2,15,17). The lowest BCUT2D eigenvalue weighted by molar-refractivity contribution is 1.07. The topological polar surface area (TPSA) is 56.7 Å². The van der Waals surface area contributed by atoms with Crippen LogP contribution in [0.5, 0.6) is 0 Å². The first-order valence-corrected chi connectivity index (χ1v) is 5.65. The SMILES string of the molecule is Nc1nc(-c2ccncc2)cn1-c1ccccc1. The number of hydrogen-bond donors (Lipinski definition) is 1. The smallest absolute Gasteiger partial charge is 0.205 e. The van der Waals surface area contributed by atoms with E-state index in [1.165, 1.54) is 0 Å². The molecule has 1 aromatic carbocycles. The van der Waals surface area contributed by atoms with Crippen LogP contribution in [-0.2, 0) is 0 Å². The molecule has 4 nitrogen and oxygen atoms in total. The van der Waals surface area contributed by atoms with E-state index in [0.717, 1.165) is 16.9 Å². The number of para-hydroxylation sites is 1. The maximum atomic E-state index is 5.95. The number of aromatic nitrogens is 3. The van der Waals surface area contributed by atoms with Crippen molar-refractivity contribution in [3.05, 3.63) is 61.1 Å². The van der Waals surface area contributed by atoms with Crippen LogP contribution in [-0.4, -0.2) is 14.5 Å². The highest BCUT2D eigenvalue weighted by atomic mass is 15.1. The number of hydrogen-bond acceptors (Lipinski definition) is 3. The lowest BCUT2D eigenvalue weighted by atomic mass is 10.2. The molecule has 0 saturated carbocycles. The molecule has 0 spiro atoms. The molecular formula is C14H12N4. The third-order valence-electron chi connectivity index (χ3n) is 2.74. The van der Waals surface area contributed by atoms with E-state index in [-0.39, 0.29) is 0 Å². The Kier molecular flexibility index (Phi) is 2.53. The van der Waals surface area contributed by atoms with Crippen LogP contribution in [0.4, 0.5) is 5.95 Å². The number of anilines is 1. The minimum atomic E-state index is 0.480. The van der Waals surface area contributed by atoms with Crippen molar-refractivity contribution in [1.82, 2.24) is 14.5 Å². The number of rotatable bonds is 2. The zero-order valence-electron chi connectivity index (χ0n) is 9.69. The molecule has 88 valence electrons. The molecular weight excluding hydrogens is 224 g/mol. The Morgan fingerprint density at radius 3 is 2.39 bits per heavy atom. The van der Waals surface area contributed by atoms with Crippen LogP contribution in [0.1, 0.15) is 0 Å². The van der Waals surface area contributed by atoms with Crippen LogP contribution in [0.25, 0.3) is 16.9 Å². The lowest BCUT2D eigenvalue weighted by Crippen LogP contribution is -1.98. The molecule has 0 fully saturated rings. The molecule has 0 aliphatic rings. The average molecular weight is 236 g/mol. The van der Waals surface area contributed by atoms with Crippen LogP contribution >= 0.6 is 0 Å². The number of nitrogen functional groups attached to an aromatic ring is 1. The van der Waals surface area contributed by atoms with Gasteiger partial charge in [-0.2, -0.15) is 0 Å². The normalized spacial score (nSPS) is 10.4. The number of imidazole rings is 1. The van der Waals surface area contributed by atoms with E-state index in [4.69, 9.17) is 5.73 Å². The minimum absolute atomic E-state index is 0.480. The summed E-state index contributed by atoms with van der Waals surface area (Å²) in [6.45, 7) is 0. The van der Waals surface area contributed by atoms with Crippen molar-refractivity contribution in [1.29, 1.82) is 0 Å². The molecule has 0 amide bonds. The van der Waals surface area contributed by atoms with E-state index in [9.17, 15) is 0 Å². The Bertz CT molecular complexity index is 644. The molecule has 18 heavy (non-hydrogen) atoms. The molecule has 0 aliphatic carbocycles. The molecule has 3 rings (SSSR count). The van der Waals surface area contributed by atoms with Crippen molar-refractivity contribution >= 4 is 5.95 Å². The van der Waals surface area contributed by atoms with Gasteiger partial charge in [0.15, 0.2) is 0 Å². The summed E-state index contributed by atoms with van der Waals surface area (Å²) in [6, 6.07) is 13.7. The van der Waals surface area contributed by atoms with E-state index in [1.54, 1.807) is 12.4 Å². The van der Waals surface area contributed by atoms with Crippen molar-refractivity contribution < 1.29 is 0 Å². The van der Waals surface area contributed by atoms with E-state index in [1.807, 2.05) is 53.2 Å². The van der Waals surface area contributed by atoms with Gasteiger partial charge in [-0.05, 0) is 24.3 Å². The monoisotopic (exact) mass is 236 g/mol. The van der Waals surface area contributed by atoms with Gasteiger partial charge in [0.1, 0.15) is 0 Å². The van der Waals surface area contributed by atoms with E-state index in [2.05, 4.69) is 9.97 Å². The largest absolute Gasteiger partial charge is 0.369 e. The van der Waals surface area contributed by atoms with Crippen LogP contribution < -0.4 is 5.73 Å². The van der Waals surface area contributed by atoms with Crippen molar-refractivity contribution in [2.45, 2.75) is 0 Å². The zero-order chi connectivity index (χ0) is 12.4. The van der Waals surface area contributed by atoms with Gasteiger partial charge in [-0.1, -0.05) is 18.2 Å². The Hall–Kier alpha value is -2.62. The number of pyridine rings is 1. The van der Waals surface area contributed by atoms with Crippen LogP contribution in [0.15, 0.2) is 61.1 Å². The fourth-order valence-corrected chi connectivity index (χ4v) is 1.85. The zero-order valence-corrected chi connectivity index (χ0v) is 9.69. The van der Waals surface area contributed by atoms with Gasteiger partial charge in [0, 0.05) is 29.8 Å². The highest BCUT2D eigenvalue weighted by Gasteiger charge is 2.07. The maximum absolute atomic E-state index is 5.95. The predicted molar refractivity (Wildman–Crippen MR) is 71.2 cm³/mol. The highest BCUT2D eigenvalue weighted by Crippen LogP contribution is 2.21. The van der Waals surface area contributed by atoms with Gasteiger partial charge in [0.25, 0.3) is 0 Å². The fraction of sp³-hybridized carbons (Fsp3) is 0. The van der Waals surface area contributed by atoms with Gasteiger partial charge < -0.3 is 5.73 Å². The average Bonchev–Trinajstić information content (AvgIpc) is 2.83. The fourth-order valence-electron chi connectivity index (χ4n) is 1.85. The van der Waals surface area contributed by atoms with E-state index in [0.29, 0.717) is 5.95 Å². The summed E-state index contributed by atoms with van der Waals surface area (Å²) in [5.74, 6) is 0.480. The molecule has 2 N–H and O–H groups in total. The highest BCUT2D eigenvalue weighted by molar-refractivity contribution is 5.61. The van der Waals surface area contributed by atoms with Gasteiger partial charge in [0.2, 0.25) is 5.95 Å². The third-order valence-corrected chi connectivity index (χ3v) is 2.74. The molecule has 0 bridgehead atoms. The van der Waals surface area contributed by atoms with Gasteiger partial charge in [-0.3, -0.25) is 9.55 Å². The van der Waals surface area contributed by atoms with Gasteiger partial charge in [0.05, 0.1) is 5.69 Å². The van der Waals surface area contributed by atoms with Crippen LogP contribution in [0.2, 0.25) is 0 Å². The second kappa shape index (κ2) is 4.33. The minimum Gasteiger partial charge on any atom is -0.369 e. The molecule has 0 radical (unpaired) electrons. The molecule has 0 unspecified atom stereocenters. The van der Waals surface area contributed by atoms with Crippen molar-refractivity contribution in [3.63, 3.8) is 0 Å². The van der Waals surface area contributed by atoms with Gasteiger partial charge >= 0.3 is 0 Å². The van der Waals surface area contributed by atoms with Crippen LogP contribution in [0.3, 0.4) is 0 Å². The molecule has 4 heteroatoms. The third kappa shape index (κ3) is 1.84. The second-order valence-corrected chi connectivity index (χ2v) is 3.93. The molecule has 3 aromatic rings. The lowest BCUT2D eigenvalue weighted by Gasteiger charge is -2.02. The van der Waals surface area contributed by atoms with Gasteiger partial charge in [-0.25, -0.2) is 4.98 Å². The summed E-state index contributed by atoms with van der Waals surface area (Å²) < 4.78 is 1.87. The molecule has 2 aromatic heterocycles. The molecule has 0 saturated heterocycles. The summed E-state index contributed by atoms with van der Waals surface area (Å²) >= 11 is 0. The number of benzene rings is 1. The second-order valence-electron chi connectivity index (χ2n) is 3.93. The molecule has 2 heterocycles. The Morgan fingerprint density at radius 1 is 0.944 bits per heavy atom. The maximum Gasteiger partial charge on any atom is 0.205 e. The van der Waals surface area contributed by atoms with Crippen molar-refractivity contribution in [2.75, 3.05) is 5.73 Å². The van der Waals surface area contributed by atoms with Crippen molar-refractivity contribution in [3.8, 4) is 16.9 Å². The van der Waals surface area contributed by atoms with Gasteiger partial charge in [-0.15, -0.1) is 0 Å². The first-order valence-electron chi connectivity index (χ1n) is 5.65. The summed E-state index contributed by atoms with van der Waals surface area (Å²) in [7, 11) is 0. The Balaban J connectivity index is 2.07. The summed E-state index contributed by atoms with van der Waals surface area (Å²) in [6.07, 6.45) is 5.42. The first kappa shape index (κ1) is 10.5. The van der Waals surface area contributed by atoms with E-state index < -0.39 is 0 Å². The van der Waals surface area contributed by atoms with Crippen molar-refractivity contribution in [2.24, 2.45) is 0 Å².